The Bertz CT molecular complexity index is 581. The number of hydrogen-bond donors (Lipinski definition) is 2. The third-order valence-corrected chi connectivity index (χ3v) is 3.03. The second-order valence-electron chi connectivity index (χ2n) is 4.50. The highest BCUT2D eigenvalue weighted by molar-refractivity contribution is 5.79. The zero-order valence-electron chi connectivity index (χ0n) is 13.0. The molecule has 0 fully saturated rings. The molecule has 0 bridgehead atoms. The fourth-order valence-electron chi connectivity index (χ4n) is 1.95. The second-order valence-corrected chi connectivity index (χ2v) is 4.50. The first kappa shape index (κ1) is 16.0. The summed E-state index contributed by atoms with van der Waals surface area (Å²) in [5, 5.41) is 14.5. The van der Waals surface area contributed by atoms with Gasteiger partial charge in [-0.1, -0.05) is 18.2 Å². The Balaban J connectivity index is 1.90. The van der Waals surface area contributed by atoms with Crippen molar-refractivity contribution in [2.24, 2.45) is 4.99 Å². The number of ether oxygens (including phenoxy) is 1. The minimum Gasteiger partial charge on any atom is -0.380 e. The van der Waals surface area contributed by atoms with Crippen molar-refractivity contribution >= 4 is 5.96 Å². The summed E-state index contributed by atoms with van der Waals surface area (Å²) in [6, 6.07) is 9.99. The lowest BCUT2D eigenvalue weighted by atomic mass is 10.3. The largest absolute Gasteiger partial charge is 0.380 e. The van der Waals surface area contributed by atoms with Gasteiger partial charge in [0.1, 0.15) is 6.33 Å². The molecule has 2 N–H and O–H groups in total. The highest BCUT2D eigenvalue weighted by Gasteiger charge is 2.06. The van der Waals surface area contributed by atoms with Gasteiger partial charge in [0.15, 0.2) is 11.8 Å². The summed E-state index contributed by atoms with van der Waals surface area (Å²) >= 11 is 0. The van der Waals surface area contributed by atoms with Crippen molar-refractivity contribution in [2.45, 2.75) is 13.5 Å². The van der Waals surface area contributed by atoms with Crippen LogP contribution in [-0.4, -0.2) is 47.5 Å². The van der Waals surface area contributed by atoms with Gasteiger partial charge >= 0.3 is 0 Å². The van der Waals surface area contributed by atoms with Crippen LogP contribution in [0.1, 0.15) is 12.7 Å². The molecule has 2 aromatic rings. The van der Waals surface area contributed by atoms with Crippen LogP contribution < -0.4 is 10.6 Å². The lowest BCUT2D eigenvalue weighted by Crippen LogP contribution is -2.39. The third-order valence-electron chi connectivity index (χ3n) is 3.03. The summed E-state index contributed by atoms with van der Waals surface area (Å²) in [6.07, 6.45) is 1.71. The van der Waals surface area contributed by atoms with Crippen LogP contribution in [0.25, 0.3) is 5.69 Å². The van der Waals surface area contributed by atoms with Crippen molar-refractivity contribution in [3.05, 3.63) is 42.5 Å². The number of aliphatic imine (C=N–C) groups is 1. The Hall–Kier alpha value is -2.41. The topological polar surface area (TPSA) is 76.4 Å². The smallest absolute Gasteiger partial charge is 0.191 e. The molecule has 7 heteroatoms. The lowest BCUT2D eigenvalue weighted by Gasteiger charge is -2.12. The molecule has 0 saturated carbocycles. The quantitative estimate of drug-likeness (QED) is 0.453. The Morgan fingerprint density at radius 2 is 2.09 bits per heavy atom. The van der Waals surface area contributed by atoms with Crippen molar-refractivity contribution < 1.29 is 4.74 Å². The molecule has 1 aromatic heterocycles. The summed E-state index contributed by atoms with van der Waals surface area (Å²) in [6.45, 7) is 4.58. The Labute approximate surface area is 130 Å². The summed E-state index contributed by atoms with van der Waals surface area (Å²) in [4.78, 5) is 4.17. The van der Waals surface area contributed by atoms with Crippen LogP contribution >= 0.6 is 0 Å². The summed E-state index contributed by atoms with van der Waals surface area (Å²) < 4.78 is 7.23. The van der Waals surface area contributed by atoms with Crippen LogP contribution in [0.4, 0.5) is 0 Å². The summed E-state index contributed by atoms with van der Waals surface area (Å²) in [5.41, 5.74) is 1.03. The van der Waals surface area contributed by atoms with Crippen molar-refractivity contribution in [2.75, 3.05) is 26.8 Å². The van der Waals surface area contributed by atoms with Gasteiger partial charge in [-0.15, -0.1) is 10.2 Å². The van der Waals surface area contributed by atoms with Crippen molar-refractivity contribution in [3.8, 4) is 5.69 Å². The number of rotatable bonds is 7. The molecule has 0 saturated heterocycles. The van der Waals surface area contributed by atoms with Crippen LogP contribution in [0.15, 0.2) is 41.7 Å². The highest BCUT2D eigenvalue weighted by atomic mass is 16.5. The van der Waals surface area contributed by atoms with Crippen LogP contribution in [0.5, 0.6) is 0 Å². The zero-order valence-corrected chi connectivity index (χ0v) is 13.0. The standard InChI is InChI=1S/C15H22N6O/c1-3-22-10-9-17-15(16-2)18-11-14-20-19-12-21(14)13-7-5-4-6-8-13/h4-8,12H,3,9-11H2,1-2H3,(H2,16,17,18). The van der Waals surface area contributed by atoms with Crippen molar-refractivity contribution in [1.82, 2.24) is 25.4 Å². The average molecular weight is 302 g/mol. The van der Waals surface area contributed by atoms with E-state index in [2.05, 4.69) is 25.8 Å². The van der Waals surface area contributed by atoms with E-state index in [1.165, 1.54) is 0 Å². The maximum absolute atomic E-state index is 5.28. The van der Waals surface area contributed by atoms with Gasteiger partial charge in [-0.3, -0.25) is 9.56 Å². The molecule has 118 valence electrons. The van der Waals surface area contributed by atoms with E-state index in [4.69, 9.17) is 4.74 Å². The van der Waals surface area contributed by atoms with Crippen LogP contribution in [0, 0.1) is 0 Å². The van der Waals surface area contributed by atoms with Crippen LogP contribution in [0.3, 0.4) is 0 Å². The van der Waals surface area contributed by atoms with E-state index < -0.39 is 0 Å². The molecule has 0 radical (unpaired) electrons. The Morgan fingerprint density at radius 3 is 2.82 bits per heavy atom. The zero-order chi connectivity index (χ0) is 15.6. The molecule has 0 spiro atoms. The lowest BCUT2D eigenvalue weighted by molar-refractivity contribution is 0.152. The molecular weight excluding hydrogens is 280 g/mol. The van der Waals surface area contributed by atoms with E-state index >= 15 is 0 Å². The SMILES string of the molecule is CCOCCNC(=NC)NCc1nncn1-c1ccccc1. The summed E-state index contributed by atoms with van der Waals surface area (Å²) in [7, 11) is 1.73. The van der Waals surface area contributed by atoms with Gasteiger partial charge in [-0.2, -0.15) is 0 Å². The molecule has 7 nitrogen and oxygen atoms in total. The van der Waals surface area contributed by atoms with Crippen LogP contribution in [0.2, 0.25) is 0 Å². The highest BCUT2D eigenvalue weighted by Crippen LogP contribution is 2.08. The molecule has 0 aliphatic carbocycles. The molecule has 0 unspecified atom stereocenters. The molecular formula is C15H22N6O. The Kier molecular flexibility index (Phi) is 6.38. The fraction of sp³-hybridized carbons (Fsp3) is 0.400. The third kappa shape index (κ3) is 4.56. The molecule has 0 aliphatic heterocycles. The number of benzene rings is 1. The van der Waals surface area contributed by atoms with Gasteiger partial charge in [-0.05, 0) is 19.1 Å². The van der Waals surface area contributed by atoms with Crippen LogP contribution in [-0.2, 0) is 11.3 Å². The summed E-state index contributed by atoms with van der Waals surface area (Å²) in [5.74, 6) is 1.53. The number of para-hydroxylation sites is 1. The first-order valence-electron chi connectivity index (χ1n) is 7.31. The van der Waals surface area contributed by atoms with Gasteiger partial charge in [0.25, 0.3) is 0 Å². The van der Waals surface area contributed by atoms with Crippen molar-refractivity contribution in [1.29, 1.82) is 0 Å². The molecule has 2 rings (SSSR count). The number of hydrogen-bond acceptors (Lipinski definition) is 4. The number of nitrogens with zero attached hydrogens (tertiary/aromatic N) is 4. The van der Waals surface area contributed by atoms with Gasteiger partial charge in [-0.25, -0.2) is 0 Å². The van der Waals surface area contributed by atoms with Gasteiger partial charge in [0.2, 0.25) is 0 Å². The van der Waals surface area contributed by atoms with Gasteiger partial charge < -0.3 is 15.4 Å². The molecule has 0 atom stereocenters. The monoisotopic (exact) mass is 302 g/mol. The van der Waals surface area contributed by atoms with E-state index in [0.717, 1.165) is 11.5 Å². The first-order valence-corrected chi connectivity index (χ1v) is 7.31. The first-order chi connectivity index (χ1) is 10.8. The maximum Gasteiger partial charge on any atom is 0.191 e. The molecule has 22 heavy (non-hydrogen) atoms. The number of nitrogens with one attached hydrogen (secondary N) is 2. The molecule has 1 aromatic carbocycles. The normalized spacial score (nSPS) is 11.5. The molecule has 1 heterocycles. The van der Waals surface area contributed by atoms with E-state index in [-0.39, 0.29) is 0 Å². The molecule has 0 amide bonds. The predicted octanol–water partition coefficient (Wildman–Crippen LogP) is 0.969. The predicted molar refractivity (Wildman–Crippen MR) is 86.1 cm³/mol. The van der Waals surface area contributed by atoms with E-state index in [9.17, 15) is 0 Å². The fourth-order valence-corrected chi connectivity index (χ4v) is 1.95. The Morgan fingerprint density at radius 1 is 1.27 bits per heavy atom. The van der Waals surface area contributed by atoms with Gasteiger partial charge in [0.05, 0.1) is 13.2 Å². The number of aromatic nitrogens is 3. The van der Waals surface area contributed by atoms with Gasteiger partial charge in [0, 0.05) is 25.9 Å². The van der Waals surface area contributed by atoms with Crippen molar-refractivity contribution in [3.63, 3.8) is 0 Å². The molecule has 0 aliphatic rings. The minimum absolute atomic E-state index is 0.531. The average Bonchev–Trinajstić information content (AvgIpc) is 3.03. The maximum atomic E-state index is 5.28. The number of guanidine groups is 1. The second kappa shape index (κ2) is 8.78. The van der Waals surface area contributed by atoms with E-state index in [1.54, 1.807) is 13.4 Å². The minimum atomic E-state index is 0.531. The van der Waals surface area contributed by atoms with E-state index in [0.29, 0.717) is 32.3 Å². The van der Waals surface area contributed by atoms with E-state index in [1.807, 2.05) is 41.8 Å².